The van der Waals surface area contributed by atoms with Crippen LogP contribution in [0.5, 0.6) is 0 Å². The predicted octanol–water partition coefficient (Wildman–Crippen LogP) is 6.82. The Balaban J connectivity index is 1.49. The van der Waals surface area contributed by atoms with Crippen LogP contribution in [0.2, 0.25) is 0 Å². The minimum absolute atomic E-state index is 0.234. The van der Waals surface area contributed by atoms with Crippen LogP contribution in [-0.4, -0.2) is 30.3 Å². The third-order valence-corrected chi connectivity index (χ3v) is 6.97. The molecule has 164 valence electrons. The quantitative estimate of drug-likeness (QED) is 0.311. The summed E-state index contributed by atoms with van der Waals surface area (Å²) in [4.78, 5) is 7.24. The zero-order chi connectivity index (χ0) is 22.9. The summed E-state index contributed by atoms with van der Waals surface area (Å²) in [6, 6.07) is 24.7. The summed E-state index contributed by atoms with van der Waals surface area (Å²) in [6.07, 6.45) is 2.41. The lowest BCUT2D eigenvalue weighted by Crippen LogP contribution is -2.45. The Morgan fingerprint density at radius 3 is 2.21 bits per heavy atom. The summed E-state index contributed by atoms with van der Waals surface area (Å²) in [5.74, 6) is 0. The van der Waals surface area contributed by atoms with Gasteiger partial charge in [-0.3, -0.25) is 4.98 Å². The summed E-state index contributed by atoms with van der Waals surface area (Å²) >= 11 is 3.85. The van der Waals surface area contributed by atoms with Crippen LogP contribution in [0.3, 0.4) is 0 Å². The van der Waals surface area contributed by atoms with Gasteiger partial charge in [-0.05, 0) is 65.2 Å². The lowest BCUT2D eigenvalue weighted by molar-refractivity contribution is -0.00521. The molecular formula is C28H24BrN3O. The SMILES string of the molecule is C[C@@H]1CN(c2ccc(-c3cnc4c(-c5ccc(C#N)cc5)cccc4c3Br)cc2)C[C@H](C)O1. The van der Waals surface area contributed by atoms with E-state index in [0.717, 1.165) is 50.7 Å². The minimum atomic E-state index is 0.234. The Bertz CT molecular complexity index is 1330. The fourth-order valence-corrected chi connectivity index (χ4v) is 5.24. The molecule has 1 saturated heterocycles. The molecule has 2 atom stereocenters. The van der Waals surface area contributed by atoms with Gasteiger partial charge in [0.05, 0.1) is 29.4 Å². The zero-order valence-corrected chi connectivity index (χ0v) is 20.2. The van der Waals surface area contributed by atoms with Crippen molar-refractivity contribution in [3.8, 4) is 28.3 Å². The van der Waals surface area contributed by atoms with Crippen molar-refractivity contribution in [3.05, 3.63) is 83.0 Å². The fourth-order valence-electron chi connectivity index (χ4n) is 4.59. The summed E-state index contributed by atoms with van der Waals surface area (Å²) in [6.45, 7) is 6.06. The van der Waals surface area contributed by atoms with Crippen molar-refractivity contribution in [2.45, 2.75) is 26.1 Å². The normalized spacial score (nSPS) is 18.3. The number of fused-ring (bicyclic) bond motifs is 1. The Morgan fingerprint density at radius 2 is 1.55 bits per heavy atom. The maximum Gasteiger partial charge on any atom is 0.0991 e. The van der Waals surface area contributed by atoms with Crippen LogP contribution in [0.1, 0.15) is 19.4 Å². The number of para-hydroxylation sites is 1. The molecule has 3 aromatic carbocycles. The van der Waals surface area contributed by atoms with E-state index in [1.165, 1.54) is 5.69 Å². The average molecular weight is 498 g/mol. The van der Waals surface area contributed by atoms with E-state index < -0.39 is 0 Å². The van der Waals surface area contributed by atoms with E-state index in [2.05, 4.69) is 83.2 Å². The number of nitriles is 1. The number of pyridine rings is 1. The summed E-state index contributed by atoms with van der Waals surface area (Å²) in [5, 5.41) is 10.1. The van der Waals surface area contributed by atoms with Crippen molar-refractivity contribution in [1.82, 2.24) is 4.98 Å². The van der Waals surface area contributed by atoms with Crippen LogP contribution < -0.4 is 4.90 Å². The van der Waals surface area contributed by atoms with E-state index in [0.29, 0.717) is 5.56 Å². The van der Waals surface area contributed by atoms with Crippen molar-refractivity contribution in [1.29, 1.82) is 5.26 Å². The third kappa shape index (κ3) is 4.25. The molecule has 0 amide bonds. The first-order valence-electron chi connectivity index (χ1n) is 11.1. The minimum Gasteiger partial charge on any atom is -0.372 e. The van der Waals surface area contributed by atoms with Crippen molar-refractivity contribution >= 4 is 32.5 Å². The average Bonchev–Trinajstić information content (AvgIpc) is 2.84. The van der Waals surface area contributed by atoms with Crippen LogP contribution in [0.4, 0.5) is 5.69 Å². The maximum atomic E-state index is 9.08. The Morgan fingerprint density at radius 1 is 0.909 bits per heavy atom. The molecule has 0 bridgehead atoms. The number of ether oxygens (including phenoxy) is 1. The van der Waals surface area contributed by atoms with Gasteiger partial charge in [0.1, 0.15) is 0 Å². The van der Waals surface area contributed by atoms with E-state index in [1.807, 2.05) is 30.5 Å². The molecule has 0 saturated carbocycles. The monoisotopic (exact) mass is 497 g/mol. The fraction of sp³-hybridized carbons (Fsp3) is 0.214. The van der Waals surface area contributed by atoms with Crippen molar-refractivity contribution in [2.75, 3.05) is 18.0 Å². The molecule has 2 heterocycles. The number of hydrogen-bond donors (Lipinski definition) is 0. The molecule has 0 spiro atoms. The Labute approximate surface area is 202 Å². The third-order valence-electron chi connectivity index (χ3n) is 6.12. The second-order valence-electron chi connectivity index (χ2n) is 8.59. The predicted molar refractivity (Wildman–Crippen MR) is 137 cm³/mol. The van der Waals surface area contributed by atoms with Gasteiger partial charge in [0.2, 0.25) is 0 Å². The highest BCUT2D eigenvalue weighted by molar-refractivity contribution is 9.10. The van der Waals surface area contributed by atoms with Gasteiger partial charge in [-0.1, -0.05) is 42.5 Å². The number of rotatable bonds is 3. The van der Waals surface area contributed by atoms with E-state index in [-0.39, 0.29) is 12.2 Å². The molecular weight excluding hydrogens is 474 g/mol. The molecule has 0 N–H and O–H groups in total. The van der Waals surface area contributed by atoms with Crippen molar-refractivity contribution in [3.63, 3.8) is 0 Å². The van der Waals surface area contributed by atoms with Crippen LogP contribution in [0.25, 0.3) is 33.2 Å². The maximum absolute atomic E-state index is 9.08. The number of nitrogens with zero attached hydrogens (tertiary/aromatic N) is 3. The number of hydrogen-bond acceptors (Lipinski definition) is 4. The van der Waals surface area contributed by atoms with Crippen LogP contribution in [0, 0.1) is 11.3 Å². The van der Waals surface area contributed by atoms with E-state index in [4.69, 9.17) is 15.0 Å². The highest BCUT2D eigenvalue weighted by Gasteiger charge is 2.22. The van der Waals surface area contributed by atoms with Gasteiger partial charge in [0.25, 0.3) is 0 Å². The first kappa shape index (κ1) is 21.6. The Kier molecular flexibility index (Phi) is 5.88. The topological polar surface area (TPSA) is 49.2 Å². The molecule has 0 unspecified atom stereocenters. The second kappa shape index (κ2) is 8.97. The lowest BCUT2D eigenvalue weighted by Gasteiger charge is -2.36. The molecule has 1 aliphatic heterocycles. The molecule has 4 aromatic rings. The number of morpholine rings is 1. The van der Waals surface area contributed by atoms with Gasteiger partial charge >= 0.3 is 0 Å². The zero-order valence-electron chi connectivity index (χ0n) is 18.6. The highest BCUT2D eigenvalue weighted by atomic mass is 79.9. The van der Waals surface area contributed by atoms with Crippen LogP contribution in [0.15, 0.2) is 77.4 Å². The Hall–Kier alpha value is -3.20. The smallest absolute Gasteiger partial charge is 0.0991 e. The summed E-state index contributed by atoms with van der Waals surface area (Å²) in [5.41, 5.74) is 7.09. The number of aromatic nitrogens is 1. The number of halogens is 1. The van der Waals surface area contributed by atoms with E-state index >= 15 is 0 Å². The van der Waals surface area contributed by atoms with Gasteiger partial charge in [-0.2, -0.15) is 5.26 Å². The summed E-state index contributed by atoms with van der Waals surface area (Å²) < 4.78 is 6.90. The molecule has 33 heavy (non-hydrogen) atoms. The van der Waals surface area contributed by atoms with Gasteiger partial charge in [-0.15, -0.1) is 0 Å². The molecule has 0 radical (unpaired) electrons. The lowest BCUT2D eigenvalue weighted by atomic mass is 9.99. The molecule has 4 nitrogen and oxygen atoms in total. The first-order valence-corrected chi connectivity index (χ1v) is 11.9. The molecule has 5 rings (SSSR count). The van der Waals surface area contributed by atoms with Gasteiger partial charge in [-0.25, -0.2) is 0 Å². The largest absolute Gasteiger partial charge is 0.372 e. The van der Waals surface area contributed by atoms with Gasteiger partial charge in [0.15, 0.2) is 0 Å². The van der Waals surface area contributed by atoms with Gasteiger partial charge in [0, 0.05) is 46.0 Å². The van der Waals surface area contributed by atoms with E-state index in [9.17, 15) is 0 Å². The molecule has 1 aliphatic rings. The molecule has 1 fully saturated rings. The van der Waals surface area contributed by atoms with Crippen molar-refractivity contribution in [2.24, 2.45) is 0 Å². The van der Waals surface area contributed by atoms with Gasteiger partial charge < -0.3 is 9.64 Å². The summed E-state index contributed by atoms with van der Waals surface area (Å²) in [7, 11) is 0. The molecule has 5 heteroatoms. The van der Waals surface area contributed by atoms with E-state index in [1.54, 1.807) is 0 Å². The molecule has 0 aliphatic carbocycles. The van der Waals surface area contributed by atoms with Crippen molar-refractivity contribution < 1.29 is 4.74 Å². The second-order valence-corrected chi connectivity index (χ2v) is 9.38. The molecule has 1 aromatic heterocycles. The van der Waals surface area contributed by atoms with Crippen LogP contribution in [-0.2, 0) is 4.74 Å². The first-order chi connectivity index (χ1) is 16.0. The number of anilines is 1. The number of benzene rings is 3. The standard InChI is InChI=1S/C28H24BrN3O/c1-18-16-32(17-19(2)33-18)23-12-10-22(11-13-23)26-15-31-28-24(4-3-5-25(28)27(26)29)21-8-6-20(14-30)7-9-21/h3-13,15,18-19H,16-17H2,1-2H3/t18-,19+. The van der Waals surface area contributed by atoms with Crippen LogP contribution >= 0.6 is 15.9 Å². The highest BCUT2D eigenvalue weighted by Crippen LogP contribution is 2.37.